The number of hydrogen-bond donors (Lipinski definition) is 2. The first-order chi connectivity index (χ1) is 9.15. The number of aromatic nitrogens is 1. The summed E-state index contributed by atoms with van der Waals surface area (Å²) >= 11 is 1.51. The Morgan fingerprint density at radius 3 is 2.89 bits per heavy atom. The molecule has 0 unspecified atom stereocenters. The highest BCUT2D eigenvalue weighted by molar-refractivity contribution is 7.93. The summed E-state index contributed by atoms with van der Waals surface area (Å²) in [6.07, 6.45) is 1.33. The molecule has 1 aliphatic rings. The summed E-state index contributed by atoms with van der Waals surface area (Å²) < 4.78 is 28.2. The van der Waals surface area contributed by atoms with E-state index in [2.05, 4.69) is 15.0 Å². The van der Waals surface area contributed by atoms with Crippen molar-refractivity contribution in [2.24, 2.45) is 0 Å². The largest absolute Gasteiger partial charge is 0.317 e. The summed E-state index contributed by atoms with van der Waals surface area (Å²) in [5.41, 5.74) is 3.28. The predicted molar refractivity (Wildman–Crippen MR) is 78.1 cm³/mol. The molecule has 0 spiro atoms. The lowest BCUT2D eigenvalue weighted by Gasteiger charge is -2.23. The SMILES string of the molecule is O=S(=O)(Nc1ccc2ncsc2c1)C1CCNCC1. The molecule has 1 fully saturated rings. The van der Waals surface area contributed by atoms with Gasteiger partial charge in [0.2, 0.25) is 10.0 Å². The van der Waals surface area contributed by atoms with Gasteiger partial charge in [0.25, 0.3) is 0 Å². The Labute approximate surface area is 116 Å². The molecule has 19 heavy (non-hydrogen) atoms. The maximum Gasteiger partial charge on any atom is 0.235 e. The predicted octanol–water partition coefficient (Wildman–Crippen LogP) is 1.79. The van der Waals surface area contributed by atoms with Gasteiger partial charge in [-0.15, -0.1) is 11.3 Å². The zero-order valence-electron chi connectivity index (χ0n) is 10.3. The zero-order valence-corrected chi connectivity index (χ0v) is 11.9. The van der Waals surface area contributed by atoms with Crippen molar-refractivity contribution in [2.45, 2.75) is 18.1 Å². The molecule has 0 aliphatic carbocycles. The van der Waals surface area contributed by atoms with Gasteiger partial charge < -0.3 is 5.32 Å². The highest BCUT2D eigenvalue weighted by atomic mass is 32.2. The molecular weight excluding hydrogens is 282 g/mol. The van der Waals surface area contributed by atoms with E-state index < -0.39 is 10.0 Å². The molecule has 0 radical (unpaired) electrons. The number of hydrogen-bond acceptors (Lipinski definition) is 5. The van der Waals surface area contributed by atoms with Crippen LogP contribution < -0.4 is 10.0 Å². The van der Waals surface area contributed by atoms with Crippen LogP contribution in [-0.2, 0) is 10.0 Å². The summed E-state index contributed by atoms with van der Waals surface area (Å²) in [5, 5.41) is 2.87. The quantitative estimate of drug-likeness (QED) is 0.906. The van der Waals surface area contributed by atoms with Crippen LogP contribution in [0.4, 0.5) is 5.69 Å². The van der Waals surface area contributed by atoms with Crippen LogP contribution in [0.2, 0.25) is 0 Å². The van der Waals surface area contributed by atoms with E-state index in [0.717, 1.165) is 23.3 Å². The summed E-state index contributed by atoms with van der Waals surface area (Å²) in [5.74, 6) is 0. The smallest absolute Gasteiger partial charge is 0.235 e. The van der Waals surface area contributed by atoms with E-state index in [0.29, 0.717) is 18.5 Å². The van der Waals surface area contributed by atoms with Gasteiger partial charge in [-0.2, -0.15) is 0 Å². The second kappa shape index (κ2) is 5.07. The van der Waals surface area contributed by atoms with Gasteiger partial charge in [-0.05, 0) is 44.1 Å². The third-order valence-corrected chi connectivity index (χ3v) is 5.98. The molecule has 3 rings (SSSR count). The van der Waals surface area contributed by atoms with Gasteiger partial charge in [0.15, 0.2) is 0 Å². The van der Waals surface area contributed by atoms with E-state index >= 15 is 0 Å². The number of sulfonamides is 1. The first-order valence-electron chi connectivity index (χ1n) is 6.21. The van der Waals surface area contributed by atoms with E-state index in [1.54, 1.807) is 11.6 Å². The van der Waals surface area contributed by atoms with Gasteiger partial charge in [-0.3, -0.25) is 4.72 Å². The number of nitrogens with zero attached hydrogens (tertiary/aromatic N) is 1. The molecule has 0 amide bonds. The van der Waals surface area contributed by atoms with Crippen LogP contribution in [0.15, 0.2) is 23.7 Å². The van der Waals surface area contributed by atoms with Gasteiger partial charge in [-0.1, -0.05) is 0 Å². The topological polar surface area (TPSA) is 71.1 Å². The number of piperidine rings is 1. The molecule has 2 heterocycles. The Bertz CT molecular complexity index is 675. The van der Waals surface area contributed by atoms with E-state index in [-0.39, 0.29) is 5.25 Å². The van der Waals surface area contributed by atoms with Crippen LogP contribution in [0.3, 0.4) is 0 Å². The molecule has 2 N–H and O–H groups in total. The van der Waals surface area contributed by atoms with Crippen LogP contribution in [0.25, 0.3) is 10.2 Å². The maximum absolute atomic E-state index is 12.3. The Morgan fingerprint density at radius 1 is 1.32 bits per heavy atom. The first-order valence-corrected chi connectivity index (χ1v) is 8.63. The van der Waals surface area contributed by atoms with Gasteiger partial charge in [-0.25, -0.2) is 13.4 Å². The fourth-order valence-corrected chi connectivity index (χ4v) is 4.47. The lowest BCUT2D eigenvalue weighted by molar-refractivity contribution is 0.499. The van der Waals surface area contributed by atoms with Gasteiger partial charge in [0.1, 0.15) is 0 Å². The summed E-state index contributed by atoms with van der Waals surface area (Å²) in [7, 11) is -3.29. The maximum atomic E-state index is 12.3. The minimum absolute atomic E-state index is 0.300. The van der Waals surface area contributed by atoms with Gasteiger partial charge in [0.05, 0.1) is 26.7 Å². The highest BCUT2D eigenvalue weighted by Gasteiger charge is 2.27. The molecule has 0 atom stereocenters. The number of thiazole rings is 1. The van der Waals surface area contributed by atoms with Crippen molar-refractivity contribution in [2.75, 3.05) is 17.8 Å². The third-order valence-electron chi connectivity index (χ3n) is 3.32. The van der Waals surface area contributed by atoms with Crippen molar-refractivity contribution in [3.63, 3.8) is 0 Å². The van der Waals surface area contributed by atoms with Crippen LogP contribution in [0.5, 0.6) is 0 Å². The lowest BCUT2D eigenvalue weighted by atomic mass is 10.2. The monoisotopic (exact) mass is 297 g/mol. The fraction of sp³-hybridized carbons (Fsp3) is 0.417. The number of benzene rings is 1. The minimum Gasteiger partial charge on any atom is -0.317 e. The molecular formula is C12H15N3O2S2. The van der Waals surface area contributed by atoms with E-state index in [4.69, 9.17) is 0 Å². The second-order valence-corrected chi connectivity index (χ2v) is 7.48. The van der Waals surface area contributed by atoms with Crippen molar-refractivity contribution in [1.82, 2.24) is 10.3 Å². The molecule has 5 nitrogen and oxygen atoms in total. The standard InChI is InChI=1S/C12H15N3O2S2/c16-19(17,10-3-5-13-6-4-10)15-9-1-2-11-12(7-9)18-8-14-11/h1-2,7-8,10,13,15H,3-6H2. The number of rotatable bonds is 3. The van der Waals surface area contributed by atoms with Crippen molar-refractivity contribution < 1.29 is 8.42 Å². The zero-order chi connectivity index (χ0) is 13.3. The third kappa shape index (κ3) is 2.72. The molecule has 1 saturated heterocycles. The van der Waals surface area contributed by atoms with E-state index in [1.165, 1.54) is 11.3 Å². The molecule has 2 aromatic rings. The van der Waals surface area contributed by atoms with Crippen LogP contribution in [0.1, 0.15) is 12.8 Å². The number of fused-ring (bicyclic) bond motifs is 1. The highest BCUT2D eigenvalue weighted by Crippen LogP contribution is 2.24. The summed E-state index contributed by atoms with van der Waals surface area (Å²) in [6, 6.07) is 5.44. The van der Waals surface area contributed by atoms with Crippen LogP contribution in [0, 0.1) is 0 Å². The lowest BCUT2D eigenvalue weighted by Crippen LogP contribution is -2.38. The second-order valence-electron chi connectivity index (χ2n) is 4.63. The molecule has 1 aliphatic heterocycles. The average molecular weight is 297 g/mol. The summed E-state index contributed by atoms with van der Waals surface area (Å²) in [4.78, 5) is 4.18. The van der Waals surface area contributed by atoms with Gasteiger partial charge in [0, 0.05) is 0 Å². The van der Waals surface area contributed by atoms with E-state index in [9.17, 15) is 8.42 Å². The molecule has 1 aromatic heterocycles. The number of nitrogens with one attached hydrogen (secondary N) is 2. The molecule has 102 valence electrons. The Hall–Kier alpha value is -1.18. The van der Waals surface area contributed by atoms with Crippen molar-refractivity contribution in [1.29, 1.82) is 0 Å². The molecule has 0 saturated carbocycles. The summed E-state index contributed by atoms with van der Waals surface area (Å²) in [6.45, 7) is 1.53. The fourth-order valence-electron chi connectivity index (χ4n) is 2.27. The first kappa shape index (κ1) is 12.8. The molecule has 1 aromatic carbocycles. The van der Waals surface area contributed by atoms with Crippen molar-refractivity contribution >= 4 is 37.3 Å². The van der Waals surface area contributed by atoms with Crippen LogP contribution >= 0.6 is 11.3 Å². The number of anilines is 1. The Kier molecular flexibility index (Phi) is 3.42. The Balaban J connectivity index is 1.82. The van der Waals surface area contributed by atoms with Crippen molar-refractivity contribution in [3.05, 3.63) is 23.7 Å². The van der Waals surface area contributed by atoms with Gasteiger partial charge >= 0.3 is 0 Å². The minimum atomic E-state index is -3.29. The van der Waals surface area contributed by atoms with Crippen LogP contribution in [-0.4, -0.2) is 31.7 Å². The average Bonchev–Trinajstić information content (AvgIpc) is 2.87. The normalized spacial score (nSPS) is 17.7. The molecule has 0 bridgehead atoms. The van der Waals surface area contributed by atoms with Crippen molar-refractivity contribution in [3.8, 4) is 0 Å². The molecule has 7 heteroatoms. The van der Waals surface area contributed by atoms with E-state index in [1.807, 2.05) is 12.1 Å². The Morgan fingerprint density at radius 2 is 2.11 bits per heavy atom.